The van der Waals surface area contributed by atoms with Crippen molar-refractivity contribution in [1.82, 2.24) is 0 Å². The molecule has 0 aromatic heterocycles. The molecule has 0 nitrogen and oxygen atoms in total. The van der Waals surface area contributed by atoms with Crippen molar-refractivity contribution in [3.8, 4) is 0 Å². The summed E-state index contributed by atoms with van der Waals surface area (Å²) in [7, 11) is 0. The quantitative estimate of drug-likeness (QED) is 0.519. The molecule has 0 aromatic rings. The Bertz CT molecular complexity index is 59.0. The smallest absolute Gasteiger partial charge is 0.0225 e. The van der Waals surface area contributed by atoms with E-state index >= 15 is 0 Å². The molecule has 0 fully saturated rings. The number of rotatable bonds is 4. The lowest BCUT2D eigenvalue weighted by Crippen LogP contribution is -2.14. The second-order valence-corrected chi connectivity index (χ2v) is 5.10. The summed E-state index contributed by atoms with van der Waals surface area (Å²) in [6, 6.07) is 0. The highest BCUT2D eigenvalue weighted by atomic mass is 127. The van der Waals surface area contributed by atoms with Crippen molar-refractivity contribution >= 4 is 22.6 Å². The molecule has 0 aliphatic carbocycles. The van der Waals surface area contributed by atoms with Crippen LogP contribution in [0.4, 0.5) is 0 Å². The first-order valence-corrected chi connectivity index (χ1v) is 4.73. The summed E-state index contributed by atoms with van der Waals surface area (Å²) in [5, 5.41) is 0. The maximum absolute atomic E-state index is 2.52. The number of hydrogen-bond donors (Lipinski definition) is 0. The summed E-state index contributed by atoms with van der Waals surface area (Å²) in [5.41, 5.74) is 0. The Balaban J connectivity index is 3.43. The van der Waals surface area contributed by atoms with Gasteiger partial charge in [-0.15, -0.1) is 0 Å². The van der Waals surface area contributed by atoms with Crippen molar-refractivity contribution in [2.45, 2.75) is 43.5 Å². The van der Waals surface area contributed by atoms with Gasteiger partial charge >= 0.3 is 0 Å². The third kappa shape index (κ3) is 5.19. The summed E-state index contributed by atoms with van der Waals surface area (Å²) >= 11 is 2.52. The van der Waals surface area contributed by atoms with Crippen LogP contribution in [-0.2, 0) is 0 Å². The number of halogens is 1. The summed E-state index contributed by atoms with van der Waals surface area (Å²) in [6.45, 7) is 6.73. The molecular weight excluding hydrogens is 223 g/mol. The van der Waals surface area contributed by atoms with E-state index in [1.54, 1.807) is 0 Å². The largest absolute Gasteiger partial charge is 0.0789 e. The Morgan fingerprint density at radius 1 is 1.44 bits per heavy atom. The highest BCUT2D eigenvalue weighted by Gasteiger charge is 2.16. The minimum atomic E-state index is 0.446. The molecule has 0 saturated heterocycles. The molecule has 0 N–H and O–H groups in total. The van der Waals surface area contributed by atoms with Crippen LogP contribution in [0, 0.1) is 6.42 Å². The van der Waals surface area contributed by atoms with Crippen molar-refractivity contribution in [1.29, 1.82) is 0 Å². The average Bonchev–Trinajstić information content (AvgIpc) is 1.64. The van der Waals surface area contributed by atoms with Gasteiger partial charge in [0.1, 0.15) is 0 Å². The van der Waals surface area contributed by atoms with E-state index < -0.39 is 0 Å². The van der Waals surface area contributed by atoms with Crippen molar-refractivity contribution in [2.75, 3.05) is 0 Å². The zero-order valence-electron chi connectivity index (χ0n) is 6.58. The minimum absolute atomic E-state index is 0.446. The molecule has 0 aliphatic heterocycles. The van der Waals surface area contributed by atoms with Crippen molar-refractivity contribution in [2.24, 2.45) is 0 Å². The van der Waals surface area contributed by atoms with Crippen LogP contribution in [-0.4, -0.2) is 3.42 Å². The molecular formula is C8H16I. The van der Waals surface area contributed by atoms with Gasteiger partial charge in [0.25, 0.3) is 0 Å². The van der Waals surface area contributed by atoms with E-state index in [-0.39, 0.29) is 0 Å². The second-order valence-electron chi connectivity index (χ2n) is 2.64. The maximum atomic E-state index is 2.52. The van der Waals surface area contributed by atoms with E-state index in [0.717, 1.165) is 0 Å². The normalized spacial score (nSPS) is 12.0. The van der Waals surface area contributed by atoms with E-state index in [1.807, 2.05) is 0 Å². The highest BCUT2D eigenvalue weighted by Crippen LogP contribution is 2.28. The molecule has 1 heteroatoms. The molecule has 0 aromatic carbocycles. The van der Waals surface area contributed by atoms with E-state index in [1.165, 1.54) is 19.3 Å². The van der Waals surface area contributed by atoms with Crippen molar-refractivity contribution in [3.63, 3.8) is 0 Å². The summed E-state index contributed by atoms with van der Waals surface area (Å²) in [4.78, 5) is 0. The van der Waals surface area contributed by atoms with Crippen LogP contribution in [0.15, 0.2) is 0 Å². The summed E-state index contributed by atoms with van der Waals surface area (Å²) in [6.07, 6.45) is 6.17. The first kappa shape index (κ1) is 9.73. The van der Waals surface area contributed by atoms with Crippen LogP contribution in [0.3, 0.4) is 0 Å². The van der Waals surface area contributed by atoms with Crippen LogP contribution in [0.5, 0.6) is 0 Å². The molecule has 0 amide bonds. The Kier molecular flexibility index (Phi) is 4.90. The molecule has 0 rings (SSSR count). The molecule has 1 radical (unpaired) electrons. The van der Waals surface area contributed by atoms with E-state index in [9.17, 15) is 0 Å². The van der Waals surface area contributed by atoms with E-state index in [0.29, 0.717) is 3.42 Å². The fraction of sp³-hybridized carbons (Fsp3) is 0.875. The van der Waals surface area contributed by atoms with Gasteiger partial charge in [-0.1, -0.05) is 56.2 Å². The standard InChI is InChI=1S/C8H16I/c1-4-6-8(3,9)7-5-2/h6H,4-5,7H2,1-3H3. The molecule has 0 bridgehead atoms. The van der Waals surface area contributed by atoms with Crippen molar-refractivity contribution in [3.05, 3.63) is 6.42 Å². The zero-order chi connectivity index (χ0) is 7.33. The fourth-order valence-electron chi connectivity index (χ4n) is 1.02. The van der Waals surface area contributed by atoms with Crippen LogP contribution in [0.25, 0.3) is 0 Å². The lowest BCUT2D eigenvalue weighted by molar-refractivity contribution is 0.652. The van der Waals surface area contributed by atoms with Crippen LogP contribution >= 0.6 is 22.6 Å². The van der Waals surface area contributed by atoms with Gasteiger partial charge in [-0.2, -0.15) is 0 Å². The lowest BCUT2D eigenvalue weighted by atomic mass is 10.0. The van der Waals surface area contributed by atoms with E-state index in [4.69, 9.17) is 0 Å². The molecule has 0 saturated carbocycles. The average molecular weight is 239 g/mol. The van der Waals surface area contributed by atoms with Crippen LogP contribution < -0.4 is 0 Å². The lowest BCUT2D eigenvalue weighted by Gasteiger charge is -2.19. The molecule has 0 spiro atoms. The predicted molar refractivity (Wildman–Crippen MR) is 51.9 cm³/mol. The van der Waals surface area contributed by atoms with Gasteiger partial charge < -0.3 is 0 Å². The highest BCUT2D eigenvalue weighted by molar-refractivity contribution is 14.1. The Hall–Kier alpha value is 0.730. The molecule has 0 heterocycles. The molecule has 9 heavy (non-hydrogen) atoms. The van der Waals surface area contributed by atoms with Crippen LogP contribution in [0.2, 0.25) is 0 Å². The minimum Gasteiger partial charge on any atom is -0.0789 e. The Morgan fingerprint density at radius 2 is 2.00 bits per heavy atom. The van der Waals surface area contributed by atoms with E-state index in [2.05, 4.69) is 49.8 Å². The molecule has 1 unspecified atom stereocenters. The molecule has 1 atom stereocenters. The number of hydrogen-bond acceptors (Lipinski definition) is 0. The Morgan fingerprint density at radius 3 is 2.33 bits per heavy atom. The second kappa shape index (κ2) is 4.53. The van der Waals surface area contributed by atoms with Gasteiger partial charge in [-0.05, 0) is 12.8 Å². The summed E-state index contributed by atoms with van der Waals surface area (Å²) < 4.78 is 0.446. The molecule has 55 valence electrons. The fourth-order valence-corrected chi connectivity index (χ4v) is 2.00. The third-order valence-corrected chi connectivity index (χ3v) is 2.35. The SMILES string of the molecule is CC[CH]C(C)(I)CCC. The Labute approximate surface area is 72.6 Å². The van der Waals surface area contributed by atoms with Crippen LogP contribution in [0.1, 0.15) is 40.0 Å². The summed E-state index contributed by atoms with van der Waals surface area (Å²) in [5.74, 6) is 0. The monoisotopic (exact) mass is 239 g/mol. The van der Waals surface area contributed by atoms with Crippen molar-refractivity contribution < 1.29 is 0 Å². The predicted octanol–water partition coefficient (Wildman–Crippen LogP) is 3.59. The maximum Gasteiger partial charge on any atom is 0.0225 e. The third-order valence-electron chi connectivity index (χ3n) is 1.37. The van der Waals surface area contributed by atoms with Gasteiger partial charge in [0.15, 0.2) is 0 Å². The van der Waals surface area contributed by atoms with Gasteiger partial charge in [-0.25, -0.2) is 0 Å². The van der Waals surface area contributed by atoms with Gasteiger partial charge in [0, 0.05) is 3.42 Å². The van der Waals surface area contributed by atoms with Gasteiger partial charge in [0.2, 0.25) is 0 Å². The van der Waals surface area contributed by atoms with Gasteiger partial charge in [0.05, 0.1) is 0 Å². The first-order chi connectivity index (χ1) is 4.12. The molecule has 0 aliphatic rings. The zero-order valence-corrected chi connectivity index (χ0v) is 8.73. The number of alkyl halides is 1. The van der Waals surface area contributed by atoms with Gasteiger partial charge in [-0.3, -0.25) is 0 Å². The first-order valence-electron chi connectivity index (χ1n) is 3.65. The topological polar surface area (TPSA) is 0 Å².